The highest BCUT2D eigenvalue weighted by atomic mass is 32.2. The highest BCUT2D eigenvalue weighted by molar-refractivity contribution is 7.86. The van der Waals surface area contributed by atoms with E-state index < -0.39 is 31.4 Å². The fourth-order valence-electron chi connectivity index (χ4n) is 3.63. The Balaban J connectivity index is 2.37. The zero-order valence-corrected chi connectivity index (χ0v) is 18.4. The SMILES string of the molecule is COCCOCC[N+]1=C(C)C(C)(CCCS(=O)(=O)O)c2cc(S(=O)(=O)[O-])ccc21. The van der Waals surface area contributed by atoms with Gasteiger partial charge in [-0.3, -0.25) is 4.55 Å². The third-order valence-corrected chi connectivity index (χ3v) is 6.95. The molecule has 164 valence electrons. The summed E-state index contributed by atoms with van der Waals surface area (Å²) >= 11 is 0. The first-order valence-electron chi connectivity index (χ1n) is 9.14. The van der Waals surface area contributed by atoms with Gasteiger partial charge in [0.15, 0.2) is 12.3 Å². The summed E-state index contributed by atoms with van der Waals surface area (Å²) in [6.45, 7) is 5.57. The van der Waals surface area contributed by atoms with Gasteiger partial charge in [-0.25, -0.2) is 8.42 Å². The molecule has 0 saturated heterocycles. The molecule has 1 aromatic rings. The number of hydrogen-bond donors (Lipinski definition) is 1. The molecule has 0 aromatic heterocycles. The molecule has 0 radical (unpaired) electrons. The van der Waals surface area contributed by atoms with Gasteiger partial charge in [0.05, 0.1) is 29.3 Å². The van der Waals surface area contributed by atoms with Crippen molar-refractivity contribution in [1.29, 1.82) is 0 Å². The van der Waals surface area contributed by atoms with E-state index in [4.69, 9.17) is 14.0 Å². The fraction of sp³-hybridized carbons (Fsp3) is 0.611. The van der Waals surface area contributed by atoms with Crippen molar-refractivity contribution >= 4 is 31.6 Å². The molecule has 0 bridgehead atoms. The van der Waals surface area contributed by atoms with Crippen LogP contribution in [0.3, 0.4) is 0 Å². The van der Waals surface area contributed by atoms with Gasteiger partial charge in [0, 0.05) is 25.7 Å². The largest absolute Gasteiger partial charge is 0.744 e. The van der Waals surface area contributed by atoms with Gasteiger partial charge in [0.2, 0.25) is 5.69 Å². The lowest BCUT2D eigenvalue weighted by atomic mass is 9.76. The molecular formula is C18H27NO8S2. The van der Waals surface area contributed by atoms with Crippen LogP contribution >= 0.6 is 0 Å². The van der Waals surface area contributed by atoms with E-state index in [1.165, 1.54) is 12.1 Å². The van der Waals surface area contributed by atoms with Crippen molar-refractivity contribution in [2.75, 3.05) is 39.2 Å². The first-order chi connectivity index (χ1) is 13.4. The van der Waals surface area contributed by atoms with Gasteiger partial charge in [0.1, 0.15) is 16.7 Å². The predicted octanol–water partition coefficient (Wildman–Crippen LogP) is 1.30. The molecule has 1 N–H and O–H groups in total. The van der Waals surface area contributed by atoms with Crippen LogP contribution in [0.4, 0.5) is 5.69 Å². The second-order valence-corrected chi connectivity index (χ2v) is 10.1. The third-order valence-electron chi connectivity index (χ3n) is 5.32. The van der Waals surface area contributed by atoms with E-state index in [0.29, 0.717) is 38.3 Å². The summed E-state index contributed by atoms with van der Waals surface area (Å²) in [6, 6.07) is 4.23. The number of benzene rings is 1. The molecule has 11 heteroatoms. The van der Waals surface area contributed by atoms with E-state index in [0.717, 1.165) is 11.4 Å². The topological polar surface area (TPSA) is 133 Å². The molecule has 29 heavy (non-hydrogen) atoms. The van der Waals surface area contributed by atoms with Crippen LogP contribution in [0.15, 0.2) is 23.1 Å². The first kappa shape index (κ1) is 23.9. The minimum Gasteiger partial charge on any atom is -0.744 e. The molecule has 1 atom stereocenters. The Morgan fingerprint density at radius 1 is 1.17 bits per heavy atom. The molecule has 0 aliphatic carbocycles. The van der Waals surface area contributed by atoms with Crippen molar-refractivity contribution in [2.24, 2.45) is 0 Å². The lowest BCUT2D eigenvalue weighted by Crippen LogP contribution is -2.31. The van der Waals surface area contributed by atoms with E-state index in [1.54, 1.807) is 13.2 Å². The van der Waals surface area contributed by atoms with Gasteiger partial charge in [-0.1, -0.05) is 0 Å². The second-order valence-electron chi connectivity index (χ2n) is 7.20. The molecular weight excluding hydrogens is 422 g/mol. The number of methoxy groups -OCH3 is 1. The normalized spacial score (nSPS) is 19.6. The highest BCUT2D eigenvalue weighted by Gasteiger charge is 2.46. The van der Waals surface area contributed by atoms with E-state index >= 15 is 0 Å². The molecule has 1 aliphatic rings. The average molecular weight is 450 g/mol. The molecule has 0 spiro atoms. The Morgan fingerprint density at radius 3 is 2.45 bits per heavy atom. The van der Waals surface area contributed by atoms with Crippen LogP contribution in [0, 0.1) is 0 Å². The number of rotatable bonds is 11. The Hall–Kier alpha value is -1.37. The predicted molar refractivity (Wildman–Crippen MR) is 106 cm³/mol. The van der Waals surface area contributed by atoms with E-state index in [1.807, 2.05) is 18.4 Å². The van der Waals surface area contributed by atoms with Crippen molar-refractivity contribution < 1.29 is 40.0 Å². The quantitative estimate of drug-likeness (QED) is 0.304. The van der Waals surface area contributed by atoms with Crippen LogP contribution in [0.2, 0.25) is 0 Å². The number of hydrogen-bond acceptors (Lipinski definition) is 7. The lowest BCUT2D eigenvalue weighted by Gasteiger charge is -2.22. The summed E-state index contributed by atoms with van der Waals surface area (Å²) < 4.78 is 78.2. The molecule has 0 amide bonds. The van der Waals surface area contributed by atoms with Gasteiger partial charge >= 0.3 is 0 Å². The molecule has 1 unspecified atom stereocenters. The second kappa shape index (κ2) is 9.19. The van der Waals surface area contributed by atoms with Crippen LogP contribution in [0.5, 0.6) is 0 Å². The summed E-state index contributed by atoms with van der Waals surface area (Å²) in [5.74, 6) is -0.398. The Kier molecular flexibility index (Phi) is 7.57. The maximum Gasteiger partial charge on any atom is 0.264 e. The Morgan fingerprint density at radius 2 is 1.86 bits per heavy atom. The van der Waals surface area contributed by atoms with E-state index in [2.05, 4.69) is 0 Å². The van der Waals surface area contributed by atoms with Crippen LogP contribution in [0.25, 0.3) is 0 Å². The standard InChI is InChI=1S/C18H27NO8S2/c1-14-18(2,7-4-12-28(20,21)22)16-13-15(29(23,24)25)5-6-17(16)19(14)8-9-27-11-10-26-3/h5-6,13H,4,7-12H2,1-3H3,(H-,20,21,22,23,24,25). The highest BCUT2D eigenvalue weighted by Crippen LogP contribution is 2.43. The zero-order valence-electron chi connectivity index (χ0n) is 16.8. The number of ether oxygens (including phenoxy) is 2. The Bertz CT molecular complexity index is 985. The zero-order chi connectivity index (χ0) is 21.9. The van der Waals surface area contributed by atoms with Gasteiger partial charge in [-0.2, -0.15) is 13.0 Å². The molecule has 0 saturated carbocycles. The van der Waals surface area contributed by atoms with Crippen LogP contribution in [-0.4, -0.2) is 75.5 Å². The third kappa shape index (κ3) is 5.83. The van der Waals surface area contributed by atoms with Crippen molar-refractivity contribution in [3.63, 3.8) is 0 Å². The van der Waals surface area contributed by atoms with E-state index in [9.17, 15) is 21.4 Å². The molecule has 9 nitrogen and oxygen atoms in total. The minimum absolute atomic E-state index is 0.179. The summed E-state index contributed by atoms with van der Waals surface area (Å²) in [6.07, 6.45) is 0.535. The molecule has 2 rings (SSSR count). The number of nitrogens with zero attached hydrogens (tertiary/aromatic N) is 1. The molecule has 1 aliphatic heterocycles. The van der Waals surface area contributed by atoms with Crippen molar-refractivity contribution in [2.45, 2.75) is 37.0 Å². The van der Waals surface area contributed by atoms with Gasteiger partial charge in [-0.15, -0.1) is 0 Å². The Labute approximate surface area is 171 Å². The summed E-state index contributed by atoms with van der Waals surface area (Å²) in [5.41, 5.74) is 1.59. The number of fused-ring (bicyclic) bond motifs is 1. The van der Waals surface area contributed by atoms with Gasteiger partial charge < -0.3 is 14.0 Å². The molecule has 0 fully saturated rings. The van der Waals surface area contributed by atoms with Gasteiger partial charge in [0.25, 0.3) is 10.1 Å². The van der Waals surface area contributed by atoms with Crippen molar-refractivity contribution in [3.05, 3.63) is 23.8 Å². The van der Waals surface area contributed by atoms with Crippen molar-refractivity contribution in [1.82, 2.24) is 0 Å². The van der Waals surface area contributed by atoms with Crippen LogP contribution in [-0.2, 0) is 35.1 Å². The maximum atomic E-state index is 11.5. The summed E-state index contributed by atoms with van der Waals surface area (Å²) in [5, 5.41) is 0. The molecule has 1 heterocycles. The van der Waals surface area contributed by atoms with E-state index in [-0.39, 0.29) is 11.3 Å². The lowest BCUT2D eigenvalue weighted by molar-refractivity contribution is -0.443. The first-order valence-corrected chi connectivity index (χ1v) is 12.2. The van der Waals surface area contributed by atoms with Crippen LogP contribution < -0.4 is 0 Å². The van der Waals surface area contributed by atoms with Crippen molar-refractivity contribution in [3.8, 4) is 0 Å². The van der Waals surface area contributed by atoms with Crippen LogP contribution in [0.1, 0.15) is 32.3 Å². The monoisotopic (exact) mass is 449 g/mol. The molecule has 1 aromatic carbocycles. The van der Waals surface area contributed by atoms with Gasteiger partial charge in [-0.05, 0) is 31.9 Å². The average Bonchev–Trinajstić information content (AvgIpc) is 2.81. The smallest absolute Gasteiger partial charge is 0.264 e. The fourth-order valence-corrected chi connectivity index (χ4v) is 4.64. The minimum atomic E-state index is -4.63. The summed E-state index contributed by atoms with van der Waals surface area (Å²) in [4.78, 5) is -0.330. The maximum absolute atomic E-state index is 11.5. The summed E-state index contributed by atoms with van der Waals surface area (Å²) in [7, 11) is -7.16.